The van der Waals surface area contributed by atoms with Crippen molar-refractivity contribution < 1.29 is 23.1 Å². The molecule has 0 aliphatic rings. The number of Topliss-reactive ketones (excluding diaryl/α,β-unsaturated/α-hetero) is 1. The van der Waals surface area contributed by atoms with Crippen LogP contribution in [0.15, 0.2) is 86.4 Å². The zero-order chi connectivity index (χ0) is 22.4. The van der Waals surface area contributed by atoms with Crippen molar-refractivity contribution >= 4 is 21.2 Å². The second-order valence-corrected chi connectivity index (χ2v) is 8.34. The first-order valence-electron chi connectivity index (χ1n) is 8.58. The van der Waals surface area contributed by atoms with E-state index in [2.05, 4.69) is 9.35 Å². The van der Waals surface area contributed by atoms with Gasteiger partial charge in [0.1, 0.15) is 23.6 Å². The first kappa shape index (κ1) is 21.4. The summed E-state index contributed by atoms with van der Waals surface area (Å²) in [4.78, 5) is 26.4. The number of allylic oxidation sites excluding steroid dienone is 1. The van der Waals surface area contributed by atoms with E-state index >= 15 is 0 Å². The Balaban J connectivity index is 1.78. The molecule has 0 amide bonds. The average molecular weight is 438 g/mol. The number of hydrogen-bond acceptors (Lipinski definition) is 9. The summed E-state index contributed by atoms with van der Waals surface area (Å²) in [6, 6.07) is 13.4. The molecule has 0 N–H and O–H groups in total. The number of pyridine rings is 1. The number of benzene rings is 1. The predicted octanol–water partition coefficient (Wildman–Crippen LogP) is 4.12. The van der Waals surface area contributed by atoms with Gasteiger partial charge in [-0.3, -0.25) is 14.9 Å². The standard InChI is InChI=1S/C20H14N4O6S/c1-31(28,23-12-14(11-21)20(25)18-3-2-10-29-18)17-7-5-16(6-8-17)30-19-9-4-15(13-22-19)24(26)27/h2-10,12-13H,1H3/b14-12+/t31-/m0/s1. The zero-order valence-corrected chi connectivity index (χ0v) is 16.8. The molecule has 1 atom stereocenters. The van der Waals surface area contributed by atoms with Gasteiger partial charge in [0.2, 0.25) is 11.7 Å². The number of carbonyl (C=O) groups is 1. The molecule has 2 heterocycles. The van der Waals surface area contributed by atoms with Gasteiger partial charge in [-0.2, -0.15) is 5.26 Å². The van der Waals surface area contributed by atoms with Gasteiger partial charge in [-0.1, -0.05) is 0 Å². The monoisotopic (exact) mass is 438 g/mol. The minimum Gasteiger partial charge on any atom is -0.461 e. The normalized spacial score (nSPS) is 13.0. The van der Waals surface area contributed by atoms with Crippen LogP contribution in [0.2, 0.25) is 0 Å². The summed E-state index contributed by atoms with van der Waals surface area (Å²) in [6.45, 7) is 0. The molecule has 10 nitrogen and oxygen atoms in total. The van der Waals surface area contributed by atoms with Crippen LogP contribution in [0.1, 0.15) is 10.6 Å². The van der Waals surface area contributed by atoms with Gasteiger partial charge >= 0.3 is 0 Å². The van der Waals surface area contributed by atoms with E-state index in [-0.39, 0.29) is 22.9 Å². The highest BCUT2D eigenvalue weighted by Gasteiger charge is 2.15. The number of furan rings is 1. The first-order chi connectivity index (χ1) is 14.8. The molecular weight excluding hydrogens is 424 g/mol. The number of ketones is 1. The summed E-state index contributed by atoms with van der Waals surface area (Å²) in [5.41, 5.74) is -0.473. The lowest BCUT2D eigenvalue weighted by atomic mass is 10.1. The lowest BCUT2D eigenvalue weighted by Crippen LogP contribution is -2.01. The number of nitriles is 1. The highest BCUT2D eigenvalue weighted by atomic mass is 32.2. The Morgan fingerprint density at radius 1 is 1.29 bits per heavy atom. The molecule has 156 valence electrons. The van der Waals surface area contributed by atoms with Crippen LogP contribution in [0.4, 0.5) is 5.69 Å². The summed E-state index contributed by atoms with van der Waals surface area (Å²) >= 11 is 0. The molecule has 3 aromatic rings. The molecule has 0 spiro atoms. The Labute approximate surface area is 176 Å². The van der Waals surface area contributed by atoms with Crippen molar-refractivity contribution in [3.63, 3.8) is 0 Å². The Bertz CT molecular complexity index is 1300. The van der Waals surface area contributed by atoms with Crippen LogP contribution in [0, 0.1) is 21.4 Å². The maximum atomic E-state index is 12.9. The number of nitrogens with zero attached hydrogens (tertiary/aromatic N) is 4. The van der Waals surface area contributed by atoms with Gasteiger partial charge in [-0.05, 0) is 36.4 Å². The van der Waals surface area contributed by atoms with E-state index in [1.165, 1.54) is 61.0 Å². The summed E-state index contributed by atoms with van der Waals surface area (Å²) in [6.07, 6.45) is 4.71. The maximum Gasteiger partial charge on any atom is 0.287 e. The van der Waals surface area contributed by atoms with Gasteiger partial charge in [0, 0.05) is 23.3 Å². The van der Waals surface area contributed by atoms with Crippen molar-refractivity contribution in [2.75, 3.05) is 6.26 Å². The lowest BCUT2D eigenvalue weighted by Gasteiger charge is -2.07. The molecular formula is C20H14N4O6S. The summed E-state index contributed by atoms with van der Waals surface area (Å²) < 4.78 is 27.3. The third-order valence-electron chi connectivity index (χ3n) is 3.91. The molecule has 31 heavy (non-hydrogen) atoms. The Morgan fingerprint density at radius 2 is 2.03 bits per heavy atom. The van der Waals surface area contributed by atoms with E-state index in [0.717, 1.165) is 12.4 Å². The molecule has 3 rings (SSSR count). The smallest absolute Gasteiger partial charge is 0.287 e. The third-order valence-corrected chi connectivity index (χ3v) is 5.56. The number of rotatable bonds is 7. The van der Waals surface area contributed by atoms with Crippen molar-refractivity contribution in [2.45, 2.75) is 4.90 Å². The molecule has 2 aromatic heterocycles. The van der Waals surface area contributed by atoms with E-state index in [9.17, 15) is 24.4 Å². The molecule has 0 radical (unpaired) electrons. The van der Waals surface area contributed by atoms with Gasteiger partial charge in [0.25, 0.3) is 5.69 Å². The van der Waals surface area contributed by atoms with Gasteiger partial charge in [-0.15, -0.1) is 0 Å². The zero-order valence-electron chi connectivity index (χ0n) is 16.0. The van der Waals surface area contributed by atoms with Crippen LogP contribution in [0.25, 0.3) is 0 Å². The minimum atomic E-state index is -2.95. The fourth-order valence-corrected chi connectivity index (χ4v) is 3.38. The van der Waals surface area contributed by atoms with E-state index in [1.807, 2.05) is 0 Å². The van der Waals surface area contributed by atoms with Crippen molar-refractivity contribution in [1.29, 1.82) is 5.26 Å². The van der Waals surface area contributed by atoms with Crippen molar-refractivity contribution in [1.82, 2.24) is 4.98 Å². The molecule has 0 unspecified atom stereocenters. The fourth-order valence-electron chi connectivity index (χ4n) is 2.31. The molecule has 1 aromatic carbocycles. The number of hydrogen-bond donors (Lipinski definition) is 0. The van der Waals surface area contributed by atoms with Crippen molar-refractivity contribution in [3.8, 4) is 17.7 Å². The Hall–Kier alpha value is -4.30. The van der Waals surface area contributed by atoms with Gasteiger partial charge < -0.3 is 9.15 Å². The molecule has 0 fully saturated rings. The molecule has 0 bridgehead atoms. The highest BCUT2D eigenvalue weighted by molar-refractivity contribution is 7.93. The number of aromatic nitrogens is 1. The number of ether oxygens (including phenoxy) is 1. The summed E-state index contributed by atoms with van der Waals surface area (Å²) in [5.74, 6) is -0.169. The summed E-state index contributed by atoms with van der Waals surface area (Å²) in [7, 11) is -2.95. The van der Waals surface area contributed by atoms with Crippen LogP contribution >= 0.6 is 0 Å². The molecule has 11 heteroatoms. The van der Waals surface area contributed by atoms with Crippen LogP contribution in [-0.2, 0) is 9.73 Å². The molecule has 0 saturated heterocycles. The molecule has 0 aliphatic carbocycles. The summed E-state index contributed by atoms with van der Waals surface area (Å²) in [5, 5.41) is 19.9. The van der Waals surface area contributed by atoms with Crippen molar-refractivity contribution in [3.05, 3.63) is 88.6 Å². The van der Waals surface area contributed by atoms with Crippen LogP contribution in [0.3, 0.4) is 0 Å². The van der Waals surface area contributed by atoms with E-state index < -0.39 is 20.4 Å². The topological polar surface area (TPSA) is 149 Å². The van der Waals surface area contributed by atoms with Crippen LogP contribution < -0.4 is 4.74 Å². The third kappa shape index (κ3) is 5.20. The highest BCUT2D eigenvalue weighted by Crippen LogP contribution is 2.23. The molecule has 0 saturated carbocycles. The second-order valence-electron chi connectivity index (χ2n) is 6.05. The fraction of sp³-hybridized carbons (Fsp3) is 0.0500. The lowest BCUT2D eigenvalue weighted by molar-refractivity contribution is -0.385. The number of nitro groups is 1. The van der Waals surface area contributed by atoms with Gasteiger partial charge in [-0.25, -0.2) is 13.6 Å². The van der Waals surface area contributed by atoms with Crippen molar-refractivity contribution in [2.24, 2.45) is 4.36 Å². The van der Waals surface area contributed by atoms with E-state index in [0.29, 0.717) is 10.6 Å². The van der Waals surface area contributed by atoms with Gasteiger partial charge in [0.05, 0.1) is 27.1 Å². The SMILES string of the molecule is C[S@@](=O)(=N/C=C(\C#N)C(=O)c1ccco1)c1ccc(Oc2ccc([N+](=O)[O-])cn2)cc1. The van der Waals surface area contributed by atoms with E-state index in [1.54, 1.807) is 6.07 Å². The quantitative estimate of drug-likeness (QED) is 0.176. The average Bonchev–Trinajstić information content (AvgIpc) is 3.30. The minimum absolute atomic E-state index is 0.0213. The van der Waals surface area contributed by atoms with Gasteiger partial charge in [0.15, 0.2) is 5.76 Å². The largest absolute Gasteiger partial charge is 0.461 e. The Morgan fingerprint density at radius 3 is 2.58 bits per heavy atom. The Kier molecular flexibility index (Phi) is 6.23. The number of carbonyl (C=O) groups excluding carboxylic acids is 1. The second kappa shape index (κ2) is 9.02. The van der Waals surface area contributed by atoms with Crippen LogP contribution in [-0.4, -0.2) is 26.2 Å². The first-order valence-corrected chi connectivity index (χ1v) is 10.5. The van der Waals surface area contributed by atoms with Crippen LogP contribution in [0.5, 0.6) is 11.6 Å². The predicted molar refractivity (Wildman–Crippen MR) is 109 cm³/mol. The molecule has 0 aliphatic heterocycles. The maximum absolute atomic E-state index is 12.9. The van der Waals surface area contributed by atoms with E-state index in [4.69, 9.17) is 9.15 Å².